The van der Waals surface area contributed by atoms with Crippen LogP contribution in [-0.2, 0) is 0 Å². The maximum absolute atomic E-state index is 4.69. The highest BCUT2D eigenvalue weighted by Crippen LogP contribution is 2.48. The van der Waals surface area contributed by atoms with Crippen LogP contribution in [0.3, 0.4) is 0 Å². The average Bonchev–Trinajstić information content (AvgIpc) is 2.99. The van der Waals surface area contributed by atoms with Crippen LogP contribution < -0.4 is 0 Å². The normalized spacial score (nSPS) is 29.4. The molecule has 0 amide bonds. The monoisotopic (exact) mass is 522 g/mol. The van der Waals surface area contributed by atoms with Gasteiger partial charge in [-0.25, -0.2) is 0 Å². The molecule has 2 aromatic carbocycles. The van der Waals surface area contributed by atoms with Crippen molar-refractivity contribution in [3.63, 3.8) is 0 Å². The van der Waals surface area contributed by atoms with Gasteiger partial charge in [0.15, 0.2) is 0 Å². The lowest BCUT2D eigenvalue weighted by atomic mass is 9.66. The molecule has 4 saturated carbocycles. The number of rotatable bonds is 5. The molecule has 4 aliphatic carbocycles. The number of hydrogen-bond donors (Lipinski definition) is 0. The van der Waals surface area contributed by atoms with Gasteiger partial charge in [-0.1, -0.05) is 132 Å². The Morgan fingerprint density at radius 3 is 1.46 bits per heavy atom. The van der Waals surface area contributed by atoms with E-state index in [2.05, 4.69) is 44.2 Å². The fourth-order valence-corrected chi connectivity index (χ4v) is 9.53. The van der Waals surface area contributed by atoms with E-state index in [-0.39, 0.29) is 0 Å². The zero-order chi connectivity index (χ0) is 26.8. The third-order valence-electron chi connectivity index (χ3n) is 11.8. The fourth-order valence-electron chi connectivity index (χ4n) is 9.53. The van der Waals surface area contributed by atoms with E-state index in [1.807, 2.05) is 0 Å². The van der Waals surface area contributed by atoms with Crippen LogP contribution in [0.1, 0.15) is 178 Å². The first-order valence-corrected chi connectivity index (χ1v) is 17.0. The van der Waals surface area contributed by atoms with Crippen LogP contribution in [0, 0.1) is 32.6 Å². The second-order valence-electron chi connectivity index (χ2n) is 14.3. The lowest BCUT2D eigenvalue weighted by molar-refractivity contribution is 0.177. The molecule has 0 aromatic heterocycles. The Balaban J connectivity index is 1.03. The Hall–Kier alpha value is -1.82. The van der Waals surface area contributed by atoms with Gasteiger partial charge in [0.05, 0.1) is 0 Å². The molecule has 4 fully saturated rings. The SMILES string of the molecule is [CH2-]c1cc(C2CCCCC2)ccc1C1CCC(C2CCC(c3cc(C)cc(C4CCCCC4)c3[CH2-])CC2)CC1. The van der Waals surface area contributed by atoms with Crippen molar-refractivity contribution < 1.29 is 0 Å². The van der Waals surface area contributed by atoms with Crippen LogP contribution in [0.15, 0.2) is 30.3 Å². The lowest BCUT2D eigenvalue weighted by Crippen LogP contribution is -2.25. The molecule has 0 spiro atoms. The van der Waals surface area contributed by atoms with Gasteiger partial charge in [-0.3, -0.25) is 0 Å². The Morgan fingerprint density at radius 1 is 0.487 bits per heavy atom. The molecular weight excluding hydrogens is 468 g/mol. The minimum absolute atomic E-state index is 0.740. The zero-order valence-corrected chi connectivity index (χ0v) is 25.0. The standard InChI is InChI=1S/C39H54/c1-27-24-38(33-12-8-5-9-13-33)29(3)39(25-27)35-20-16-32(17-21-35)31-14-18-34(19-15-31)37-23-22-36(26-28(37)2)30-10-6-4-7-11-30/h22-26,30-35H,2-21H2,1H3/q-2. The third-order valence-corrected chi connectivity index (χ3v) is 11.8. The van der Waals surface area contributed by atoms with Gasteiger partial charge in [0.1, 0.15) is 0 Å². The van der Waals surface area contributed by atoms with Crippen molar-refractivity contribution in [2.45, 2.75) is 146 Å². The molecule has 0 heteroatoms. The number of aryl methyl sites for hydroxylation is 1. The minimum Gasteiger partial charge on any atom is -0.198 e. The predicted octanol–water partition coefficient (Wildman–Crippen LogP) is 11.7. The summed E-state index contributed by atoms with van der Waals surface area (Å²) in [4.78, 5) is 0. The van der Waals surface area contributed by atoms with E-state index in [0.717, 1.165) is 35.5 Å². The van der Waals surface area contributed by atoms with E-state index < -0.39 is 0 Å². The van der Waals surface area contributed by atoms with Gasteiger partial charge in [-0.2, -0.15) is 31.0 Å². The van der Waals surface area contributed by atoms with Crippen molar-refractivity contribution in [1.82, 2.24) is 0 Å². The molecule has 2 aromatic rings. The number of hydrogen-bond acceptors (Lipinski definition) is 0. The van der Waals surface area contributed by atoms with E-state index in [0.29, 0.717) is 0 Å². The maximum Gasteiger partial charge on any atom is -0.0277 e. The molecule has 212 valence electrons. The summed E-state index contributed by atoms with van der Waals surface area (Å²) in [6, 6.07) is 12.4. The zero-order valence-electron chi connectivity index (χ0n) is 25.0. The summed E-state index contributed by atoms with van der Waals surface area (Å²) in [5.41, 5.74) is 10.5. The van der Waals surface area contributed by atoms with Gasteiger partial charge in [-0.15, -0.1) is 40.5 Å². The third kappa shape index (κ3) is 6.11. The van der Waals surface area contributed by atoms with Gasteiger partial charge in [0.2, 0.25) is 0 Å². The minimum atomic E-state index is 0.740. The first-order valence-electron chi connectivity index (χ1n) is 17.0. The molecule has 0 atom stereocenters. The smallest absolute Gasteiger partial charge is 0.0277 e. The van der Waals surface area contributed by atoms with Gasteiger partial charge in [0.25, 0.3) is 0 Å². The quantitative estimate of drug-likeness (QED) is 0.342. The highest BCUT2D eigenvalue weighted by molar-refractivity contribution is 5.45. The van der Waals surface area contributed by atoms with Crippen molar-refractivity contribution in [2.75, 3.05) is 0 Å². The van der Waals surface area contributed by atoms with E-state index >= 15 is 0 Å². The molecule has 0 nitrogen and oxygen atoms in total. The highest BCUT2D eigenvalue weighted by atomic mass is 14.4. The van der Waals surface area contributed by atoms with Crippen LogP contribution in [0.2, 0.25) is 0 Å². The Labute approximate surface area is 240 Å². The van der Waals surface area contributed by atoms with E-state index in [9.17, 15) is 0 Å². The summed E-state index contributed by atoms with van der Waals surface area (Å²) in [7, 11) is 0. The summed E-state index contributed by atoms with van der Waals surface area (Å²) >= 11 is 0. The summed E-state index contributed by atoms with van der Waals surface area (Å²) < 4.78 is 0. The molecule has 0 saturated heterocycles. The van der Waals surface area contributed by atoms with Crippen LogP contribution in [-0.4, -0.2) is 0 Å². The first-order chi connectivity index (χ1) is 19.1. The molecule has 0 radical (unpaired) electrons. The Kier molecular flexibility index (Phi) is 8.67. The number of benzene rings is 2. The van der Waals surface area contributed by atoms with E-state index in [4.69, 9.17) is 6.92 Å². The van der Waals surface area contributed by atoms with Gasteiger partial charge in [0, 0.05) is 0 Å². The second kappa shape index (κ2) is 12.4. The Morgan fingerprint density at radius 2 is 0.949 bits per heavy atom. The largest absolute Gasteiger partial charge is 0.198 e. The molecule has 6 rings (SSSR count). The molecular formula is C39H54-2. The van der Waals surface area contributed by atoms with Crippen LogP contribution in [0.4, 0.5) is 0 Å². The van der Waals surface area contributed by atoms with Crippen molar-refractivity contribution in [3.8, 4) is 0 Å². The van der Waals surface area contributed by atoms with Crippen molar-refractivity contribution in [1.29, 1.82) is 0 Å². The Bertz CT molecular complexity index is 1080. The van der Waals surface area contributed by atoms with Crippen molar-refractivity contribution in [2.24, 2.45) is 11.8 Å². The summed E-state index contributed by atoms with van der Waals surface area (Å²) in [6.45, 7) is 11.6. The molecule has 39 heavy (non-hydrogen) atoms. The summed E-state index contributed by atoms with van der Waals surface area (Å²) in [5, 5.41) is 0. The van der Waals surface area contributed by atoms with Crippen LogP contribution in [0.25, 0.3) is 0 Å². The van der Waals surface area contributed by atoms with Crippen molar-refractivity contribution >= 4 is 0 Å². The lowest BCUT2D eigenvalue weighted by Gasteiger charge is -2.41. The van der Waals surface area contributed by atoms with Crippen LogP contribution >= 0.6 is 0 Å². The topological polar surface area (TPSA) is 0 Å². The second-order valence-corrected chi connectivity index (χ2v) is 14.3. The van der Waals surface area contributed by atoms with E-state index in [1.165, 1.54) is 132 Å². The molecule has 4 aliphatic rings. The average molecular weight is 523 g/mol. The molecule has 0 unspecified atom stereocenters. The van der Waals surface area contributed by atoms with Gasteiger partial charge < -0.3 is 0 Å². The summed E-state index contributed by atoms with van der Waals surface area (Å²) in [6.07, 6.45) is 25.3. The molecule has 0 aliphatic heterocycles. The van der Waals surface area contributed by atoms with Gasteiger partial charge >= 0.3 is 0 Å². The van der Waals surface area contributed by atoms with Gasteiger partial charge in [-0.05, 0) is 37.5 Å². The molecule has 0 N–H and O–H groups in total. The highest BCUT2D eigenvalue weighted by Gasteiger charge is 2.31. The summed E-state index contributed by atoms with van der Waals surface area (Å²) in [5.74, 6) is 4.93. The van der Waals surface area contributed by atoms with E-state index in [1.54, 1.807) is 22.3 Å². The first kappa shape index (κ1) is 27.4. The molecule has 0 bridgehead atoms. The van der Waals surface area contributed by atoms with Crippen LogP contribution in [0.5, 0.6) is 0 Å². The molecule has 0 heterocycles. The van der Waals surface area contributed by atoms with Crippen molar-refractivity contribution in [3.05, 3.63) is 83.1 Å². The predicted molar refractivity (Wildman–Crippen MR) is 168 cm³/mol. The maximum atomic E-state index is 4.69. The fraction of sp³-hybridized carbons (Fsp3) is 0.641.